The predicted octanol–water partition coefficient (Wildman–Crippen LogP) is 5.00. The molecule has 0 bridgehead atoms. The Labute approximate surface area is 125 Å². The molecule has 1 N–H and O–H groups in total. The summed E-state index contributed by atoms with van der Waals surface area (Å²) in [5.74, 6) is 0.807. The van der Waals surface area contributed by atoms with Crippen LogP contribution >= 0.6 is 0 Å². The van der Waals surface area contributed by atoms with Crippen LogP contribution in [0.3, 0.4) is 0 Å². The monoisotopic (exact) mass is 273 g/mol. The van der Waals surface area contributed by atoms with Gasteiger partial charge in [0.05, 0.1) is 0 Å². The van der Waals surface area contributed by atoms with Crippen molar-refractivity contribution in [1.82, 2.24) is 5.32 Å². The summed E-state index contributed by atoms with van der Waals surface area (Å²) in [7, 11) is 0. The van der Waals surface area contributed by atoms with E-state index in [0.29, 0.717) is 11.5 Å². The molecule has 1 fully saturated rings. The van der Waals surface area contributed by atoms with Gasteiger partial charge in [0.1, 0.15) is 0 Å². The summed E-state index contributed by atoms with van der Waals surface area (Å²) in [4.78, 5) is 0. The molecule has 1 aliphatic carbocycles. The van der Waals surface area contributed by atoms with Gasteiger partial charge in [-0.2, -0.15) is 0 Å². The zero-order valence-electron chi connectivity index (χ0n) is 13.9. The van der Waals surface area contributed by atoms with Crippen molar-refractivity contribution in [2.75, 3.05) is 0 Å². The SMILES string of the molecule is Cc1ccc(C)c(CNC2CCCCC2C(C)(C)C)c1. The van der Waals surface area contributed by atoms with Crippen molar-refractivity contribution >= 4 is 0 Å². The van der Waals surface area contributed by atoms with Gasteiger partial charge in [0, 0.05) is 12.6 Å². The molecule has 2 unspecified atom stereocenters. The minimum Gasteiger partial charge on any atom is -0.310 e. The third-order valence-electron chi connectivity index (χ3n) is 4.94. The topological polar surface area (TPSA) is 12.0 Å². The molecule has 0 aromatic heterocycles. The van der Waals surface area contributed by atoms with E-state index in [2.05, 4.69) is 58.1 Å². The molecule has 0 amide bonds. The van der Waals surface area contributed by atoms with E-state index in [0.717, 1.165) is 12.5 Å². The summed E-state index contributed by atoms with van der Waals surface area (Å²) >= 11 is 0. The molecule has 0 aliphatic heterocycles. The smallest absolute Gasteiger partial charge is 0.0210 e. The second-order valence-electron chi connectivity index (χ2n) is 7.67. The van der Waals surface area contributed by atoms with Gasteiger partial charge in [0.25, 0.3) is 0 Å². The first-order chi connectivity index (χ1) is 9.38. The normalized spacial score (nSPS) is 23.9. The largest absolute Gasteiger partial charge is 0.310 e. The van der Waals surface area contributed by atoms with Crippen LogP contribution in [0.15, 0.2) is 18.2 Å². The van der Waals surface area contributed by atoms with Crippen LogP contribution in [0.5, 0.6) is 0 Å². The molecule has 1 nitrogen and oxygen atoms in total. The van der Waals surface area contributed by atoms with Crippen LogP contribution in [-0.2, 0) is 6.54 Å². The molecular weight excluding hydrogens is 242 g/mol. The third-order valence-corrected chi connectivity index (χ3v) is 4.94. The predicted molar refractivity (Wildman–Crippen MR) is 88.0 cm³/mol. The Morgan fingerprint density at radius 3 is 2.50 bits per heavy atom. The molecule has 1 heteroatoms. The average Bonchev–Trinajstić information content (AvgIpc) is 2.39. The van der Waals surface area contributed by atoms with Gasteiger partial charge >= 0.3 is 0 Å². The number of nitrogens with one attached hydrogen (secondary N) is 1. The molecule has 1 aromatic carbocycles. The Morgan fingerprint density at radius 2 is 1.80 bits per heavy atom. The lowest BCUT2D eigenvalue weighted by Gasteiger charge is -2.41. The summed E-state index contributed by atoms with van der Waals surface area (Å²) in [6, 6.07) is 7.46. The Kier molecular flexibility index (Phi) is 4.90. The fraction of sp³-hybridized carbons (Fsp3) is 0.684. The highest BCUT2D eigenvalue weighted by Crippen LogP contribution is 2.38. The van der Waals surface area contributed by atoms with Crippen molar-refractivity contribution in [2.45, 2.75) is 72.9 Å². The highest BCUT2D eigenvalue weighted by molar-refractivity contribution is 5.30. The van der Waals surface area contributed by atoms with E-state index in [1.807, 2.05) is 0 Å². The van der Waals surface area contributed by atoms with Crippen molar-refractivity contribution in [3.05, 3.63) is 34.9 Å². The molecule has 0 saturated heterocycles. The fourth-order valence-corrected chi connectivity index (χ4v) is 3.64. The summed E-state index contributed by atoms with van der Waals surface area (Å²) < 4.78 is 0. The molecule has 0 heterocycles. The Morgan fingerprint density at radius 1 is 1.10 bits per heavy atom. The number of rotatable bonds is 3. The first kappa shape index (κ1) is 15.6. The second-order valence-corrected chi connectivity index (χ2v) is 7.67. The van der Waals surface area contributed by atoms with Gasteiger partial charge in [-0.3, -0.25) is 0 Å². The van der Waals surface area contributed by atoms with Crippen LogP contribution in [-0.4, -0.2) is 6.04 Å². The molecule has 20 heavy (non-hydrogen) atoms. The van der Waals surface area contributed by atoms with Gasteiger partial charge in [-0.1, -0.05) is 57.4 Å². The van der Waals surface area contributed by atoms with Gasteiger partial charge in [0.2, 0.25) is 0 Å². The standard InChI is InChI=1S/C19H31N/c1-14-10-11-15(2)16(12-14)13-20-18-9-7-6-8-17(18)19(3,4)5/h10-12,17-18,20H,6-9,13H2,1-5H3. The minimum absolute atomic E-state index is 0.416. The van der Waals surface area contributed by atoms with Crippen molar-refractivity contribution in [3.8, 4) is 0 Å². The lowest BCUT2D eigenvalue weighted by atomic mass is 9.69. The molecule has 1 saturated carbocycles. The van der Waals surface area contributed by atoms with E-state index >= 15 is 0 Å². The van der Waals surface area contributed by atoms with E-state index in [9.17, 15) is 0 Å². The number of aryl methyl sites for hydroxylation is 2. The van der Waals surface area contributed by atoms with Crippen LogP contribution < -0.4 is 5.32 Å². The lowest BCUT2D eigenvalue weighted by molar-refractivity contribution is 0.130. The van der Waals surface area contributed by atoms with Crippen LogP contribution in [0.1, 0.15) is 63.1 Å². The highest BCUT2D eigenvalue weighted by Gasteiger charge is 2.33. The number of hydrogen-bond donors (Lipinski definition) is 1. The second kappa shape index (κ2) is 6.30. The van der Waals surface area contributed by atoms with Gasteiger partial charge in [-0.15, -0.1) is 0 Å². The molecule has 112 valence electrons. The van der Waals surface area contributed by atoms with Crippen molar-refractivity contribution in [3.63, 3.8) is 0 Å². The first-order valence-corrected chi connectivity index (χ1v) is 8.17. The summed E-state index contributed by atoms with van der Waals surface area (Å²) in [5, 5.41) is 3.86. The van der Waals surface area contributed by atoms with E-state index in [1.54, 1.807) is 0 Å². The van der Waals surface area contributed by atoms with Gasteiger partial charge in [0.15, 0.2) is 0 Å². The van der Waals surface area contributed by atoms with Gasteiger partial charge in [-0.05, 0) is 49.1 Å². The molecule has 1 aliphatic rings. The molecule has 2 atom stereocenters. The molecule has 1 aromatic rings. The van der Waals surface area contributed by atoms with E-state index in [1.165, 1.54) is 42.4 Å². The maximum Gasteiger partial charge on any atom is 0.0210 e. The number of hydrogen-bond acceptors (Lipinski definition) is 1. The Hall–Kier alpha value is -0.820. The highest BCUT2D eigenvalue weighted by atomic mass is 14.9. The maximum atomic E-state index is 3.86. The summed E-state index contributed by atoms with van der Waals surface area (Å²) in [5.41, 5.74) is 4.65. The third kappa shape index (κ3) is 3.85. The fourth-order valence-electron chi connectivity index (χ4n) is 3.64. The van der Waals surface area contributed by atoms with E-state index < -0.39 is 0 Å². The zero-order valence-corrected chi connectivity index (χ0v) is 13.9. The molecule has 2 rings (SSSR count). The van der Waals surface area contributed by atoms with Crippen LogP contribution in [0.25, 0.3) is 0 Å². The lowest BCUT2D eigenvalue weighted by Crippen LogP contribution is -2.44. The Bertz CT molecular complexity index is 442. The average molecular weight is 273 g/mol. The minimum atomic E-state index is 0.416. The van der Waals surface area contributed by atoms with Crippen molar-refractivity contribution in [1.29, 1.82) is 0 Å². The zero-order chi connectivity index (χ0) is 14.8. The molecular formula is C19H31N. The van der Waals surface area contributed by atoms with E-state index in [4.69, 9.17) is 0 Å². The van der Waals surface area contributed by atoms with Crippen LogP contribution in [0, 0.1) is 25.2 Å². The maximum absolute atomic E-state index is 3.86. The summed E-state index contributed by atoms with van der Waals surface area (Å²) in [6.45, 7) is 12.6. The quantitative estimate of drug-likeness (QED) is 0.817. The Balaban J connectivity index is 2.03. The van der Waals surface area contributed by atoms with Crippen LogP contribution in [0.2, 0.25) is 0 Å². The number of benzene rings is 1. The molecule has 0 spiro atoms. The van der Waals surface area contributed by atoms with Crippen molar-refractivity contribution in [2.24, 2.45) is 11.3 Å². The molecule has 0 radical (unpaired) electrons. The van der Waals surface area contributed by atoms with E-state index in [-0.39, 0.29) is 0 Å². The van der Waals surface area contributed by atoms with Gasteiger partial charge < -0.3 is 5.32 Å². The summed E-state index contributed by atoms with van der Waals surface area (Å²) in [6.07, 6.45) is 5.52. The van der Waals surface area contributed by atoms with Gasteiger partial charge in [-0.25, -0.2) is 0 Å². The first-order valence-electron chi connectivity index (χ1n) is 8.17. The van der Waals surface area contributed by atoms with Crippen LogP contribution in [0.4, 0.5) is 0 Å². The van der Waals surface area contributed by atoms with Crippen molar-refractivity contribution < 1.29 is 0 Å².